The number of allylic oxidation sites excluding steroid dienone is 19. The maximum Gasteiger partial charge on any atom is 0.472 e. The summed E-state index contributed by atoms with van der Waals surface area (Å²) < 4.78 is 39.2. The largest absolute Gasteiger partial charge is 0.472 e. The van der Waals surface area contributed by atoms with Crippen LogP contribution in [0.2, 0.25) is 0 Å². The average molecular weight is 997 g/mol. The predicted molar refractivity (Wildman–Crippen MR) is 288 cm³/mol. The van der Waals surface area contributed by atoms with Gasteiger partial charge >= 0.3 is 25.7 Å². The summed E-state index contributed by atoms with van der Waals surface area (Å²) in [7, 11) is -4.78. The highest BCUT2D eigenvalue weighted by molar-refractivity contribution is 7.47. The number of unbranched alkanes of at least 4 members (excludes halogenated alkanes) is 11. The minimum atomic E-state index is -4.78. The molecule has 0 aromatic carbocycles. The zero-order valence-corrected chi connectivity index (χ0v) is 44.3. The number of carbonyl (C=O) groups is 3. The summed E-state index contributed by atoms with van der Waals surface area (Å²) in [5, 5.41) is 9.76. The van der Waals surface area contributed by atoms with Crippen LogP contribution in [0.5, 0.6) is 0 Å². The molecule has 0 saturated carbocycles. The highest BCUT2D eigenvalue weighted by atomic mass is 31.2. The summed E-state index contributed by atoms with van der Waals surface area (Å²) in [6.07, 6.45) is 62.0. The highest BCUT2D eigenvalue weighted by Gasteiger charge is 2.28. The van der Waals surface area contributed by atoms with E-state index in [4.69, 9.17) is 23.3 Å². The van der Waals surface area contributed by atoms with Crippen LogP contribution in [-0.2, 0) is 42.2 Å². The van der Waals surface area contributed by atoms with Crippen molar-refractivity contribution in [3.05, 3.63) is 122 Å². The molecule has 11 nitrogen and oxygen atoms in total. The zero-order chi connectivity index (χ0) is 51.3. The van der Waals surface area contributed by atoms with E-state index in [1.54, 1.807) is 6.08 Å². The Morgan fingerprint density at radius 2 is 0.800 bits per heavy atom. The maximum absolute atomic E-state index is 12.8. The number of phosphoric ester groups is 1. The second-order valence-corrected chi connectivity index (χ2v) is 18.4. The van der Waals surface area contributed by atoms with Crippen LogP contribution in [-0.4, -0.2) is 66.5 Å². The van der Waals surface area contributed by atoms with E-state index in [9.17, 15) is 28.9 Å². The van der Waals surface area contributed by atoms with Gasteiger partial charge in [0.2, 0.25) is 0 Å². The fourth-order valence-corrected chi connectivity index (χ4v) is 7.19. The minimum Gasteiger partial charge on any atom is -0.462 e. The van der Waals surface area contributed by atoms with Crippen molar-refractivity contribution in [1.82, 2.24) is 0 Å². The summed E-state index contributed by atoms with van der Waals surface area (Å²) in [5.41, 5.74) is 0. The normalized spacial score (nSPS) is 14.4. The average Bonchev–Trinajstić information content (AvgIpc) is 3.35. The molecule has 0 aromatic heterocycles. The van der Waals surface area contributed by atoms with Crippen molar-refractivity contribution < 1.29 is 52.2 Å². The Hall–Kier alpha value is -4.12. The van der Waals surface area contributed by atoms with Crippen molar-refractivity contribution >= 4 is 25.7 Å². The van der Waals surface area contributed by atoms with Gasteiger partial charge in [-0.2, -0.15) is 0 Å². The summed E-state index contributed by atoms with van der Waals surface area (Å²) in [6.45, 7) is 4.19. The second-order valence-electron chi connectivity index (χ2n) is 16.9. The number of esters is 3. The molecule has 0 aliphatic carbocycles. The Morgan fingerprint density at radius 1 is 0.429 bits per heavy atom. The molecular formula is C58H93O11P. The molecule has 0 aliphatic rings. The quantitative estimate of drug-likeness (QED) is 0.0197. The van der Waals surface area contributed by atoms with Gasteiger partial charge in [0.05, 0.1) is 26.2 Å². The number of rotatable bonds is 47. The van der Waals surface area contributed by atoms with E-state index < -0.39 is 57.8 Å². The lowest BCUT2D eigenvalue weighted by atomic mass is 10.1. The third-order valence-corrected chi connectivity index (χ3v) is 11.3. The molecule has 0 rings (SSSR count). The van der Waals surface area contributed by atoms with Gasteiger partial charge in [-0.15, -0.1) is 0 Å². The minimum absolute atomic E-state index is 0.0633. The first kappa shape index (κ1) is 65.9. The van der Waals surface area contributed by atoms with Crippen LogP contribution in [0, 0.1) is 0 Å². The first-order valence-corrected chi connectivity index (χ1v) is 27.9. The monoisotopic (exact) mass is 997 g/mol. The number of carbonyl (C=O) groups excluding carboxylic acids is 3. The van der Waals surface area contributed by atoms with Crippen LogP contribution in [0.4, 0.5) is 0 Å². The standard InChI is InChI=1S/C58H93O11P/c1-4-7-10-13-16-19-22-24-26-27-29-31-34-37-40-43-46-49-58(62)69-55(51-65-56(60)47-44-41-38-35-32-21-18-15-12-9-6-3)53-67-70(63,64)66-52-54(50-59)68-57(61)48-45-42-39-36-33-30-28-25-23-20-17-14-11-8-5-2/h7-8,10-11,15-20,24-26,28-29,31,33,36,42,45,54-55,59H,4-6,9,12-14,21-23,27,30,32,34-35,37-41,43-44,46-53H2,1-3H3,(H,63,64)/b10-7-,11-8-,18-15-,19-16-,20-17-,26-24-,28-25-,31-29-,36-33-,45-42-. The van der Waals surface area contributed by atoms with Gasteiger partial charge in [-0.05, 0) is 103 Å². The number of ether oxygens (including phenoxy) is 3. The molecule has 0 spiro atoms. The molecule has 396 valence electrons. The number of phosphoric acid groups is 1. The Balaban J connectivity index is 4.87. The van der Waals surface area contributed by atoms with Gasteiger partial charge < -0.3 is 24.2 Å². The van der Waals surface area contributed by atoms with Gasteiger partial charge in [-0.25, -0.2) is 4.57 Å². The van der Waals surface area contributed by atoms with Crippen molar-refractivity contribution in [2.75, 3.05) is 26.4 Å². The topological polar surface area (TPSA) is 155 Å². The molecule has 2 N–H and O–H groups in total. The van der Waals surface area contributed by atoms with Crippen molar-refractivity contribution in [3.8, 4) is 0 Å². The van der Waals surface area contributed by atoms with E-state index >= 15 is 0 Å². The van der Waals surface area contributed by atoms with Crippen LogP contribution in [0.25, 0.3) is 0 Å². The summed E-state index contributed by atoms with van der Waals surface area (Å²) in [5.74, 6) is -1.66. The number of hydrogen-bond donors (Lipinski definition) is 2. The van der Waals surface area contributed by atoms with Crippen LogP contribution in [0.1, 0.15) is 188 Å². The molecule has 0 radical (unpaired) electrons. The third kappa shape index (κ3) is 48.9. The van der Waals surface area contributed by atoms with Gasteiger partial charge in [0, 0.05) is 12.8 Å². The van der Waals surface area contributed by atoms with E-state index in [1.807, 2.05) is 18.2 Å². The lowest BCUT2D eigenvalue weighted by Crippen LogP contribution is -2.30. The molecule has 0 aromatic rings. The Kier molecular flexibility index (Phi) is 48.2. The van der Waals surface area contributed by atoms with Gasteiger partial charge in [-0.1, -0.05) is 187 Å². The number of aliphatic hydroxyl groups excluding tert-OH is 1. The van der Waals surface area contributed by atoms with E-state index in [2.05, 4.69) is 118 Å². The lowest BCUT2D eigenvalue weighted by molar-refractivity contribution is -0.161. The van der Waals surface area contributed by atoms with Crippen LogP contribution in [0.15, 0.2) is 122 Å². The van der Waals surface area contributed by atoms with E-state index in [1.165, 1.54) is 12.8 Å². The molecule has 0 aliphatic heterocycles. The second kappa shape index (κ2) is 51.2. The van der Waals surface area contributed by atoms with Crippen LogP contribution >= 0.6 is 7.82 Å². The summed E-state index contributed by atoms with van der Waals surface area (Å²) in [4.78, 5) is 48.3. The number of aliphatic hydroxyl groups is 1. The first-order chi connectivity index (χ1) is 34.2. The molecule has 12 heteroatoms. The van der Waals surface area contributed by atoms with Gasteiger partial charge in [0.25, 0.3) is 0 Å². The Bertz CT molecular complexity index is 1630. The highest BCUT2D eigenvalue weighted by Crippen LogP contribution is 2.43. The first-order valence-electron chi connectivity index (χ1n) is 26.4. The summed E-state index contributed by atoms with van der Waals surface area (Å²) >= 11 is 0. The predicted octanol–water partition coefficient (Wildman–Crippen LogP) is 15.2. The van der Waals surface area contributed by atoms with Crippen LogP contribution in [0.3, 0.4) is 0 Å². The molecule has 70 heavy (non-hydrogen) atoms. The Labute approximate surface area is 424 Å². The van der Waals surface area contributed by atoms with Gasteiger partial charge in [-0.3, -0.25) is 23.4 Å². The maximum atomic E-state index is 12.8. The summed E-state index contributed by atoms with van der Waals surface area (Å²) in [6, 6.07) is 0. The lowest BCUT2D eigenvalue weighted by Gasteiger charge is -2.21. The molecule has 3 unspecified atom stereocenters. The molecule has 0 saturated heterocycles. The SMILES string of the molecule is CC/C=C\C/C=C\C/C=C\C/C=C\C/C=C\CC(=O)OC(CO)COP(=O)(O)OCC(COC(=O)CCCCCCC/C=C\CCCC)OC(=O)CCCCCC/C=C\C/C=C\C/C=C\C/C=C\CC. The van der Waals surface area contributed by atoms with E-state index in [0.29, 0.717) is 19.3 Å². The fourth-order valence-electron chi connectivity index (χ4n) is 6.40. The number of hydrogen-bond acceptors (Lipinski definition) is 10. The van der Waals surface area contributed by atoms with Crippen LogP contribution < -0.4 is 0 Å². The molecule has 0 bridgehead atoms. The molecule has 3 atom stereocenters. The van der Waals surface area contributed by atoms with Gasteiger partial charge in [0.15, 0.2) is 6.10 Å². The smallest absolute Gasteiger partial charge is 0.462 e. The zero-order valence-electron chi connectivity index (χ0n) is 43.4. The Morgan fingerprint density at radius 3 is 1.27 bits per heavy atom. The van der Waals surface area contributed by atoms with Crippen molar-refractivity contribution in [2.45, 2.75) is 200 Å². The van der Waals surface area contributed by atoms with E-state index in [-0.39, 0.29) is 25.9 Å². The third-order valence-electron chi connectivity index (χ3n) is 10.4. The fraction of sp³-hybridized carbons (Fsp3) is 0.603. The van der Waals surface area contributed by atoms with Crippen molar-refractivity contribution in [1.29, 1.82) is 0 Å². The molecule has 0 heterocycles. The van der Waals surface area contributed by atoms with Crippen molar-refractivity contribution in [3.63, 3.8) is 0 Å². The molecule has 0 amide bonds. The molecule has 0 fully saturated rings. The molecular weight excluding hydrogens is 904 g/mol. The van der Waals surface area contributed by atoms with E-state index in [0.717, 1.165) is 116 Å². The van der Waals surface area contributed by atoms with Crippen molar-refractivity contribution in [2.24, 2.45) is 0 Å². The van der Waals surface area contributed by atoms with Gasteiger partial charge in [0.1, 0.15) is 12.7 Å².